The first-order valence-corrected chi connectivity index (χ1v) is 10.9. The number of pyridine rings is 1. The Morgan fingerprint density at radius 1 is 1.26 bits per heavy atom. The number of carbonyl (C=O) groups is 2. The SMILES string of the molecule is CCOC(=O)CC(CC=CC(=O)CCc1ccc2c(n1)NCCC2)c1cnc(C)nc1. The highest BCUT2D eigenvalue weighted by Gasteiger charge is 2.17. The van der Waals surface area contributed by atoms with Crippen LogP contribution in [0.1, 0.15) is 61.2 Å². The van der Waals surface area contributed by atoms with E-state index in [1.54, 1.807) is 25.4 Å². The van der Waals surface area contributed by atoms with Crippen LogP contribution in [0.15, 0.2) is 36.7 Å². The Kier molecular flexibility index (Phi) is 8.27. The lowest BCUT2D eigenvalue weighted by molar-refractivity contribution is -0.143. The van der Waals surface area contributed by atoms with Crippen LogP contribution in [-0.4, -0.2) is 39.9 Å². The molecule has 1 N–H and O–H groups in total. The van der Waals surface area contributed by atoms with E-state index in [4.69, 9.17) is 4.74 Å². The molecule has 3 heterocycles. The second kappa shape index (κ2) is 11.3. The summed E-state index contributed by atoms with van der Waals surface area (Å²) in [6, 6.07) is 4.11. The summed E-state index contributed by atoms with van der Waals surface area (Å²) in [6.45, 7) is 4.89. The van der Waals surface area contributed by atoms with Crippen LogP contribution in [0.3, 0.4) is 0 Å². The zero-order valence-electron chi connectivity index (χ0n) is 18.3. The molecule has 7 nitrogen and oxygen atoms in total. The molecule has 0 aromatic carbocycles. The van der Waals surface area contributed by atoms with E-state index in [1.807, 2.05) is 19.1 Å². The molecule has 3 rings (SSSR count). The molecule has 0 spiro atoms. The third-order valence-corrected chi connectivity index (χ3v) is 5.29. The third-order valence-electron chi connectivity index (χ3n) is 5.29. The predicted molar refractivity (Wildman–Crippen MR) is 119 cm³/mol. The predicted octanol–water partition coefficient (Wildman–Crippen LogP) is 3.72. The van der Waals surface area contributed by atoms with Crippen LogP contribution in [-0.2, 0) is 27.2 Å². The summed E-state index contributed by atoms with van der Waals surface area (Å²) in [5, 5.41) is 3.32. The normalized spacial score (nSPS) is 14.0. The van der Waals surface area contributed by atoms with Gasteiger partial charge in [-0.05, 0) is 62.8 Å². The fourth-order valence-corrected chi connectivity index (χ4v) is 3.58. The number of allylic oxidation sites excluding steroid dienone is 2. The number of carbonyl (C=O) groups excluding carboxylic acids is 2. The minimum Gasteiger partial charge on any atom is -0.466 e. The molecule has 1 unspecified atom stereocenters. The molecule has 1 atom stereocenters. The van der Waals surface area contributed by atoms with Crippen LogP contribution in [0.25, 0.3) is 0 Å². The standard InChI is InChI=1S/C24H30N4O3/c1-3-31-23(30)14-19(20-15-26-17(2)27-16-20)6-4-8-22(29)12-11-21-10-9-18-7-5-13-25-24(18)28-21/h4,8-10,15-16,19H,3,5-7,11-14H2,1-2H3,(H,25,28). The average molecular weight is 423 g/mol. The largest absolute Gasteiger partial charge is 0.466 e. The van der Waals surface area contributed by atoms with Crippen molar-refractivity contribution in [2.75, 3.05) is 18.5 Å². The molecule has 0 bridgehead atoms. The van der Waals surface area contributed by atoms with Crippen LogP contribution in [0.2, 0.25) is 0 Å². The maximum absolute atomic E-state index is 12.3. The molecule has 0 radical (unpaired) electrons. The monoisotopic (exact) mass is 422 g/mol. The summed E-state index contributed by atoms with van der Waals surface area (Å²) in [5.74, 6) is 1.28. The molecule has 31 heavy (non-hydrogen) atoms. The lowest BCUT2D eigenvalue weighted by atomic mass is 9.94. The van der Waals surface area contributed by atoms with Crippen molar-refractivity contribution in [1.29, 1.82) is 0 Å². The highest BCUT2D eigenvalue weighted by molar-refractivity contribution is 5.89. The van der Waals surface area contributed by atoms with E-state index >= 15 is 0 Å². The Morgan fingerprint density at radius 2 is 2.06 bits per heavy atom. The van der Waals surface area contributed by atoms with E-state index in [0.29, 0.717) is 31.7 Å². The van der Waals surface area contributed by atoms with Crippen molar-refractivity contribution in [2.45, 2.75) is 58.3 Å². The number of hydrogen-bond donors (Lipinski definition) is 1. The van der Waals surface area contributed by atoms with Crippen molar-refractivity contribution in [3.63, 3.8) is 0 Å². The maximum Gasteiger partial charge on any atom is 0.306 e. The summed E-state index contributed by atoms with van der Waals surface area (Å²) >= 11 is 0. The van der Waals surface area contributed by atoms with Crippen LogP contribution in [0.4, 0.5) is 5.82 Å². The van der Waals surface area contributed by atoms with Gasteiger partial charge in [0.05, 0.1) is 13.0 Å². The first-order valence-electron chi connectivity index (χ1n) is 10.9. The molecule has 2 aromatic rings. The summed E-state index contributed by atoms with van der Waals surface area (Å²) in [5.41, 5.74) is 3.03. The zero-order chi connectivity index (χ0) is 22.1. The van der Waals surface area contributed by atoms with Gasteiger partial charge in [0.1, 0.15) is 11.6 Å². The number of ketones is 1. The first-order chi connectivity index (χ1) is 15.0. The van der Waals surface area contributed by atoms with E-state index in [-0.39, 0.29) is 24.1 Å². The molecule has 1 aliphatic rings. The third kappa shape index (κ3) is 6.98. The first kappa shape index (κ1) is 22.6. The van der Waals surface area contributed by atoms with Crippen molar-refractivity contribution in [3.8, 4) is 0 Å². The van der Waals surface area contributed by atoms with Crippen LogP contribution in [0, 0.1) is 6.92 Å². The molecule has 0 aliphatic carbocycles. The zero-order valence-corrected chi connectivity index (χ0v) is 18.3. The van der Waals surface area contributed by atoms with Gasteiger partial charge in [0.15, 0.2) is 5.78 Å². The van der Waals surface area contributed by atoms with Gasteiger partial charge in [-0.15, -0.1) is 0 Å². The number of aromatic nitrogens is 3. The van der Waals surface area contributed by atoms with Crippen LogP contribution in [0.5, 0.6) is 0 Å². The van der Waals surface area contributed by atoms with Gasteiger partial charge >= 0.3 is 5.97 Å². The van der Waals surface area contributed by atoms with Gasteiger partial charge in [-0.3, -0.25) is 9.59 Å². The lowest BCUT2D eigenvalue weighted by Gasteiger charge is -2.17. The number of esters is 1. The van der Waals surface area contributed by atoms with Crippen LogP contribution >= 0.6 is 0 Å². The number of rotatable bonds is 10. The van der Waals surface area contributed by atoms with Gasteiger partial charge in [0, 0.05) is 37.0 Å². The molecule has 0 saturated heterocycles. The molecular weight excluding hydrogens is 392 g/mol. The average Bonchev–Trinajstić information content (AvgIpc) is 2.77. The number of anilines is 1. The highest BCUT2D eigenvalue weighted by Crippen LogP contribution is 2.24. The van der Waals surface area contributed by atoms with Gasteiger partial charge in [-0.2, -0.15) is 0 Å². The molecular formula is C24H30N4O3. The number of hydrogen-bond acceptors (Lipinski definition) is 7. The minimum atomic E-state index is -0.264. The minimum absolute atomic E-state index is 0.0440. The maximum atomic E-state index is 12.3. The van der Waals surface area contributed by atoms with Crippen LogP contribution < -0.4 is 5.32 Å². The second-order valence-corrected chi connectivity index (χ2v) is 7.71. The Labute approximate surface area is 183 Å². The van der Waals surface area contributed by atoms with Gasteiger partial charge in [0.25, 0.3) is 0 Å². The Hall–Kier alpha value is -3.09. The Morgan fingerprint density at radius 3 is 2.84 bits per heavy atom. The molecule has 0 amide bonds. The van der Waals surface area contributed by atoms with Gasteiger partial charge in [0.2, 0.25) is 0 Å². The van der Waals surface area contributed by atoms with Crippen molar-refractivity contribution in [1.82, 2.24) is 15.0 Å². The number of ether oxygens (including phenoxy) is 1. The van der Waals surface area contributed by atoms with E-state index in [2.05, 4.69) is 26.3 Å². The van der Waals surface area contributed by atoms with E-state index < -0.39 is 0 Å². The van der Waals surface area contributed by atoms with E-state index in [9.17, 15) is 9.59 Å². The van der Waals surface area contributed by atoms with E-state index in [1.165, 1.54) is 5.56 Å². The van der Waals surface area contributed by atoms with Gasteiger partial charge < -0.3 is 10.1 Å². The molecule has 0 fully saturated rings. The summed E-state index contributed by atoms with van der Waals surface area (Å²) in [7, 11) is 0. The summed E-state index contributed by atoms with van der Waals surface area (Å²) in [6.07, 6.45) is 10.9. The Bertz CT molecular complexity index is 925. The van der Waals surface area contributed by atoms with Crippen molar-refractivity contribution >= 4 is 17.6 Å². The van der Waals surface area contributed by atoms with Crippen molar-refractivity contribution < 1.29 is 14.3 Å². The number of nitrogens with one attached hydrogen (secondary N) is 1. The number of nitrogens with zero attached hydrogens (tertiary/aromatic N) is 3. The summed E-state index contributed by atoms with van der Waals surface area (Å²) < 4.78 is 5.09. The number of fused-ring (bicyclic) bond motifs is 1. The van der Waals surface area contributed by atoms with E-state index in [0.717, 1.165) is 36.5 Å². The summed E-state index contributed by atoms with van der Waals surface area (Å²) in [4.78, 5) is 37.4. The second-order valence-electron chi connectivity index (χ2n) is 7.71. The molecule has 7 heteroatoms. The lowest BCUT2D eigenvalue weighted by Crippen LogP contribution is -2.14. The van der Waals surface area contributed by atoms with Crippen molar-refractivity contribution in [3.05, 3.63) is 59.3 Å². The molecule has 1 aliphatic heterocycles. The highest BCUT2D eigenvalue weighted by atomic mass is 16.5. The van der Waals surface area contributed by atoms with Gasteiger partial charge in [-0.1, -0.05) is 12.1 Å². The fourth-order valence-electron chi connectivity index (χ4n) is 3.58. The smallest absolute Gasteiger partial charge is 0.306 e. The molecule has 164 valence electrons. The Balaban J connectivity index is 1.54. The quantitative estimate of drug-likeness (QED) is 0.460. The fraction of sp³-hybridized carbons (Fsp3) is 0.458. The van der Waals surface area contributed by atoms with Crippen molar-refractivity contribution in [2.24, 2.45) is 0 Å². The molecule has 0 saturated carbocycles. The van der Waals surface area contributed by atoms with Gasteiger partial charge in [-0.25, -0.2) is 15.0 Å². The topological polar surface area (TPSA) is 94.1 Å². The number of aryl methyl sites for hydroxylation is 3. The molecule has 2 aromatic heterocycles.